The van der Waals surface area contributed by atoms with Crippen molar-refractivity contribution in [1.82, 2.24) is 9.55 Å². The van der Waals surface area contributed by atoms with Crippen LogP contribution in [0.5, 0.6) is 5.75 Å². The summed E-state index contributed by atoms with van der Waals surface area (Å²) in [5, 5.41) is 2.02. The first kappa shape index (κ1) is 25.5. The molecule has 0 radical (unpaired) electrons. The Bertz CT molecular complexity index is 1550. The van der Waals surface area contributed by atoms with Gasteiger partial charge in [0.2, 0.25) is 0 Å². The van der Waals surface area contributed by atoms with E-state index in [1.54, 1.807) is 13.2 Å². The number of methoxy groups -OCH3 is 1. The number of aromatic amines is 1. The standard InChI is InChI=1S/C29H30N4O4/c1-3-4-16-32-27(30)26(28(35)31-29(32)36)33(19-21-8-6-5-7-9-21)25(34)15-11-20-10-12-23-18-24(37-2)14-13-22(23)17-20/h5-15,17-18H,3-4,16,19,30H2,1-2H3,(H,31,35,36)/b15-11+. The number of amides is 1. The van der Waals surface area contributed by atoms with Gasteiger partial charge in [-0.3, -0.25) is 24.0 Å². The molecule has 0 aliphatic heterocycles. The van der Waals surface area contributed by atoms with Gasteiger partial charge in [0.25, 0.3) is 11.5 Å². The van der Waals surface area contributed by atoms with Crippen LogP contribution >= 0.6 is 0 Å². The van der Waals surface area contributed by atoms with Crippen LogP contribution in [0.3, 0.4) is 0 Å². The lowest BCUT2D eigenvalue weighted by Crippen LogP contribution is -2.40. The predicted molar refractivity (Wildman–Crippen MR) is 148 cm³/mol. The summed E-state index contributed by atoms with van der Waals surface area (Å²) in [6, 6.07) is 20.9. The Morgan fingerprint density at radius 3 is 2.51 bits per heavy atom. The van der Waals surface area contributed by atoms with Crippen LogP contribution in [-0.4, -0.2) is 22.6 Å². The fourth-order valence-electron chi connectivity index (χ4n) is 4.14. The number of hydrogen-bond acceptors (Lipinski definition) is 5. The largest absolute Gasteiger partial charge is 0.497 e. The average Bonchev–Trinajstić information content (AvgIpc) is 2.91. The quantitative estimate of drug-likeness (QED) is 0.334. The molecular formula is C29H30N4O4. The summed E-state index contributed by atoms with van der Waals surface area (Å²) in [4.78, 5) is 42.5. The normalized spacial score (nSPS) is 11.2. The van der Waals surface area contributed by atoms with Gasteiger partial charge < -0.3 is 10.5 Å². The Morgan fingerprint density at radius 1 is 1.05 bits per heavy atom. The molecule has 4 aromatic rings. The van der Waals surface area contributed by atoms with Crippen molar-refractivity contribution in [2.24, 2.45) is 0 Å². The van der Waals surface area contributed by atoms with Gasteiger partial charge in [0.15, 0.2) is 5.69 Å². The number of anilines is 2. The molecule has 4 rings (SSSR count). The molecule has 1 heterocycles. The van der Waals surface area contributed by atoms with Gasteiger partial charge in [-0.2, -0.15) is 0 Å². The van der Waals surface area contributed by atoms with Crippen molar-refractivity contribution in [3.05, 3.63) is 105 Å². The number of rotatable bonds is 9. The van der Waals surface area contributed by atoms with Gasteiger partial charge in [-0.25, -0.2) is 4.79 Å². The van der Waals surface area contributed by atoms with Crippen molar-refractivity contribution in [3.8, 4) is 5.75 Å². The molecule has 0 atom stereocenters. The molecular weight excluding hydrogens is 468 g/mol. The van der Waals surface area contributed by atoms with E-state index in [2.05, 4.69) is 4.98 Å². The lowest BCUT2D eigenvalue weighted by atomic mass is 10.1. The van der Waals surface area contributed by atoms with Crippen LogP contribution < -0.4 is 26.6 Å². The van der Waals surface area contributed by atoms with E-state index in [0.717, 1.165) is 34.1 Å². The highest BCUT2D eigenvalue weighted by molar-refractivity contribution is 6.05. The van der Waals surface area contributed by atoms with Crippen LogP contribution in [-0.2, 0) is 17.9 Å². The number of fused-ring (bicyclic) bond motifs is 1. The second-order valence-corrected chi connectivity index (χ2v) is 8.71. The fraction of sp³-hybridized carbons (Fsp3) is 0.207. The number of hydrogen-bond donors (Lipinski definition) is 2. The van der Waals surface area contributed by atoms with E-state index in [1.165, 1.54) is 15.5 Å². The van der Waals surface area contributed by atoms with E-state index in [0.29, 0.717) is 13.0 Å². The number of nitrogen functional groups attached to an aromatic ring is 1. The molecule has 1 amide bonds. The monoisotopic (exact) mass is 498 g/mol. The number of carbonyl (C=O) groups is 1. The van der Waals surface area contributed by atoms with Crippen molar-refractivity contribution in [1.29, 1.82) is 0 Å². The second-order valence-electron chi connectivity index (χ2n) is 8.71. The van der Waals surface area contributed by atoms with Crippen LogP contribution in [0.4, 0.5) is 11.5 Å². The summed E-state index contributed by atoms with van der Waals surface area (Å²) in [6.07, 6.45) is 4.65. The SMILES string of the molecule is CCCCn1c(N)c(N(Cc2ccccc2)C(=O)/C=C/c2ccc3cc(OC)ccc3c2)c(=O)[nH]c1=O. The molecule has 0 saturated carbocycles. The summed E-state index contributed by atoms with van der Waals surface area (Å²) in [5.74, 6) is 0.307. The molecule has 37 heavy (non-hydrogen) atoms. The van der Waals surface area contributed by atoms with E-state index >= 15 is 0 Å². The van der Waals surface area contributed by atoms with E-state index in [4.69, 9.17) is 10.5 Å². The van der Waals surface area contributed by atoms with Crippen molar-refractivity contribution < 1.29 is 9.53 Å². The van der Waals surface area contributed by atoms with Crippen molar-refractivity contribution in [3.63, 3.8) is 0 Å². The molecule has 8 nitrogen and oxygen atoms in total. The number of aromatic nitrogens is 2. The summed E-state index contributed by atoms with van der Waals surface area (Å²) in [6.45, 7) is 2.45. The third kappa shape index (κ3) is 5.81. The highest BCUT2D eigenvalue weighted by atomic mass is 16.5. The molecule has 0 bridgehead atoms. The van der Waals surface area contributed by atoms with Gasteiger partial charge in [0.1, 0.15) is 11.6 Å². The number of nitrogens with two attached hydrogens (primary N) is 1. The van der Waals surface area contributed by atoms with E-state index in [-0.39, 0.29) is 18.1 Å². The minimum Gasteiger partial charge on any atom is -0.497 e. The molecule has 0 spiro atoms. The zero-order chi connectivity index (χ0) is 26.4. The number of benzene rings is 3. The van der Waals surface area contributed by atoms with Crippen LogP contribution in [0.2, 0.25) is 0 Å². The van der Waals surface area contributed by atoms with E-state index in [9.17, 15) is 14.4 Å². The molecule has 3 aromatic carbocycles. The van der Waals surface area contributed by atoms with Crippen LogP contribution in [0.1, 0.15) is 30.9 Å². The third-order valence-corrected chi connectivity index (χ3v) is 6.16. The third-order valence-electron chi connectivity index (χ3n) is 6.16. The number of carbonyl (C=O) groups excluding carboxylic acids is 1. The molecule has 1 aromatic heterocycles. The molecule has 0 fully saturated rings. The summed E-state index contributed by atoms with van der Waals surface area (Å²) >= 11 is 0. The molecule has 8 heteroatoms. The Balaban J connectivity index is 1.72. The average molecular weight is 499 g/mol. The van der Waals surface area contributed by atoms with E-state index < -0.39 is 17.2 Å². The lowest BCUT2D eigenvalue weighted by molar-refractivity contribution is -0.114. The minimum atomic E-state index is -0.701. The van der Waals surface area contributed by atoms with Gasteiger partial charge in [-0.05, 0) is 52.6 Å². The van der Waals surface area contributed by atoms with Crippen LogP contribution in [0, 0.1) is 0 Å². The molecule has 0 unspecified atom stereocenters. The maximum Gasteiger partial charge on any atom is 0.330 e. The van der Waals surface area contributed by atoms with Crippen LogP contribution in [0.25, 0.3) is 16.8 Å². The van der Waals surface area contributed by atoms with Gasteiger partial charge in [0, 0.05) is 12.6 Å². The molecule has 0 aliphatic carbocycles. The summed E-state index contributed by atoms with van der Waals surface area (Å²) in [7, 11) is 1.62. The first-order valence-electron chi connectivity index (χ1n) is 12.1. The topological polar surface area (TPSA) is 110 Å². The first-order valence-corrected chi connectivity index (χ1v) is 12.1. The van der Waals surface area contributed by atoms with Gasteiger partial charge in [-0.1, -0.05) is 61.9 Å². The molecule has 190 valence electrons. The van der Waals surface area contributed by atoms with E-state index in [1.807, 2.05) is 73.7 Å². The number of ether oxygens (including phenoxy) is 1. The zero-order valence-electron chi connectivity index (χ0n) is 20.9. The number of H-pyrrole nitrogens is 1. The van der Waals surface area contributed by atoms with Crippen molar-refractivity contribution in [2.45, 2.75) is 32.9 Å². The molecule has 0 saturated heterocycles. The lowest BCUT2D eigenvalue weighted by Gasteiger charge is -2.23. The Hall–Kier alpha value is -4.59. The summed E-state index contributed by atoms with van der Waals surface area (Å²) < 4.78 is 6.59. The summed E-state index contributed by atoms with van der Waals surface area (Å²) in [5.41, 5.74) is 6.63. The zero-order valence-corrected chi connectivity index (χ0v) is 20.9. The number of unbranched alkanes of at least 4 members (excludes halogenated alkanes) is 1. The second kappa shape index (κ2) is 11.4. The Labute approximate surface area is 214 Å². The molecule has 3 N–H and O–H groups in total. The van der Waals surface area contributed by atoms with Crippen molar-refractivity contribution >= 4 is 34.3 Å². The number of nitrogens with one attached hydrogen (secondary N) is 1. The highest BCUT2D eigenvalue weighted by Crippen LogP contribution is 2.23. The molecule has 0 aliphatic rings. The van der Waals surface area contributed by atoms with Crippen molar-refractivity contribution in [2.75, 3.05) is 17.7 Å². The Kier molecular flexibility index (Phi) is 7.88. The van der Waals surface area contributed by atoms with Crippen LogP contribution in [0.15, 0.2) is 82.4 Å². The number of nitrogens with zero attached hydrogens (tertiary/aromatic N) is 2. The van der Waals surface area contributed by atoms with Gasteiger partial charge in [-0.15, -0.1) is 0 Å². The smallest absolute Gasteiger partial charge is 0.330 e. The predicted octanol–water partition coefficient (Wildman–Crippen LogP) is 4.33. The minimum absolute atomic E-state index is 0.0282. The van der Waals surface area contributed by atoms with Gasteiger partial charge >= 0.3 is 5.69 Å². The Morgan fingerprint density at radius 2 is 1.78 bits per heavy atom. The fourth-order valence-corrected chi connectivity index (χ4v) is 4.14. The highest BCUT2D eigenvalue weighted by Gasteiger charge is 2.23. The van der Waals surface area contributed by atoms with Gasteiger partial charge in [0.05, 0.1) is 13.7 Å². The maximum atomic E-state index is 13.5. The first-order chi connectivity index (χ1) is 17.9. The maximum absolute atomic E-state index is 13.5.